The van der Waals surface area contributed by atoms with Crippen LogP contribution in [0.5, 0.6) is 5.75 Å². The summed E-state index contributed by atoms with van der Waals surface area (Å²) in [6.45, 7) is 25.9. The molecule has 1 fully saturated rings. The van der Waals surface area contributed by atoms with Gasteiger partial charge in [0.15, 0.2) is 16.6 Å². The zero-order chi connectivity index (χ0) is 27.8. The minimum absolute atomic E-state index is 0.0470. The van der Waals surface area contributed by atoms with Gasteiger partial charge in [0.1, 0.15) is 18.3 Å². The summed E-state index contributed by atoms with van der Waals surface area (Å²) in [5.41, 5.74) is 2.03. The molecule has 0 radical (unpaired) electrons. The van der Waals surface area contributed by atoms with E-state index in [9.17, 15) is 4.79 Å². The number of carbonyl (C=O) groups excluding carboxylic acids is 1. The lowest BCUT2D eigenvalue weighted by atomic mass is 9.88. The maximum atomic E-state index is 11.7. The third-order valence-electron chi connectivity index (χ3n) is 8.93. The predicted molar refractivity (Wildman–Crippen MR) is 155 cm³/mol. The van der Waals surface area contributed by atoms with Crippen LogP contribution < -0.4 is 4.74 Å². The lowest BCUT2D eigenvalue weighted by Gasteiger charge is -2.42. The van der Waals surface area contributed by atoms with Crippen LogP contribution >= 0.6 is 0 Å². The second-order valence-corrected chi connectivity index (χ2v) is 23.1. The highest BCUT2D eigenvalue weighted by Crippen LogP contribution is 2.54. The molecular formula is C30H48O5Si2. The molecule has 1 saturated carbocycles. The van der Waals surface area contributed by atoms with Gasteiger partial charge in [-0.1, -0.05) is 65.5 Å². The molecule has 37 heavy (non-hydrogen) atoms. The molecule has 1 heterocycles. The van der Waals surface area contributed by atoms with Gasteiger partial charge in [0.25, 0.3) is 0 Å². The van der Waals surface area contributed by atoms with Gasteiger partial charge in [-0.05, 0) is 49.3 Å². The third kappa shape index (κ3) is 6.53. The standard InChI is InChI=1S/C30H48O5Si2/c1-12-32-26(31)18-14-16-21-15-13-17-22-27-23(20-33-36(8,9)29(2,3)4)24(19-25(27)34-28(21)22)35-37(10,11)30(5,6)7/h13,15,17,23-25,27H,12,18-20H2,1-11H3/t23-,24?,25-,27+/m0/s1. The third-order valence-corrected chi connectivity index (χ3v) is 17.9. The Bertz CT molecular complexity index is 1040. The fourth-order valence-electron chi connectivity index (χ4n) is 4.65. The zero-order valence-electron chi connectivity index (χ0n) is 24.9. The molecule has 0 saturated heterocycles. The van der Waals surface area contributed by atoms with E-state index in [1.807, 2.05) is 12.1 Å². The van der Waals surface area contributed by atoms with E-state index in [1.54, 1.807) is 6.92 Å². The zero-order valence-corrected chi connectivity index (χ0v) is 26.9. The molecular weight excluding hydrogens is 496 g/mol. The van der Waals surface area contributed by atoms with Crippen molar-refractivity contribution in [3.05, 3.63) is 29.3 Å². The van der Waals surface area contributed by atoms with Crippen LogP contribution in [0, 0.1) is 17.8 Å². The predicted octanol–water partition coefficient (Wildman–Crippen LogP) is 7.27. The molecule has 206 valence electrons. The number of carbonyl (C=O) groups is 1. The molecule has 3 rings (SSSR count). The summed E-state index contributed by atoms with van der Waals surface area (Å²) in [4.78, 5) is 11.7. The molecule has 0 amide bonds. The molecule has 1 unspecified atom stereocenters. The van der Waals surface area contributed by atoms with Crippen molar-refractivity contribution >= 4 is 22.6 Å². The van der Waals surface area contributed by atoms with E-state index in [0.717, 1.165) is 17.7 Å². The van der Waals surface area contributed by atoms with Gasteiger partial charge < -0.3 is 18.3 Å². The highest BCUT2D eigenvalue weighted by atomic mass is 28.4. The number of rotatable bonds is 7. The maximum Gasteiger partial charge on any atom is 0.317 e. The Labute approximate surface area is 227 Å². The number of para-hydroxylation sites is 1. The van der Waals surface area contributed by atoms with E-state index in [0.29, 0.717) is 13.2 Å². The molecule has 5 nitrogen and oxygen atoms in total. The summed E-state index contributed by atoms with van der Waals surface area (Å²) in [5, 5.41) is 0.280. The second kappa shape index (κ2) is 10.9. The van der Waals surface area contributed by atoms with Crippen molar-refractivity contribution in [2.24, 2.45) is 5.92 Å². The molecule has 7 heteroatoms. The Morgan fingerprint density at radius 2 is 1.70 bits per heavy atom. The fraction of sp³-hybridized carbons (Fsp3) is 0.700. The molecule has 0 bridgehead atoms. The van der Waals surface area contributed by atoms with Crippen LogP contribution in [0.1, 0.15) is 78.4 Å². The summed E-state index contributed by atoms with van der Waals surface area (Å²) in [6.07, 6.45) is 1.08. The Balaban J connectivity index is 1.92. The van der Waals surface area contributed by atoms with Gasteiger partial charge in [-0.15, -0.1) is 0 Å². The summed E-state index contributed by atoms with van der Waals surface area (Å²) >= 11 is 0. The van der Waals surface area contributed by atoms with E-state index in [2.05, 4.69) is 85.6 Å². The van der Waals surface area contributed by atoms with Crippen molar-refractivity contribution in [2.75, 3.05) is 13.2 Å². The normalized spacial score (nSPS) is 23.5. The van der Waals surface area contributed by atoms with E-state index in [4.69, 9.17) is 18.3 Å². The maximum absolute atomic E-state index is 11.7. The van der Waals surface area contributed by atoms with Crippen molar-refractivity contribution in [3.63, 3.8) is 0 Å². The van der Waals surface area contributed by atoms with Crippen LogP contribution in [0.25, 0.3) is 0 Å². The SMILES string of the molecule is CCOC(=O)CC#Cc1cccc2c1O[C@H]1CC(O[Si](C)(C)C(C)(C)C)[C@H](CO[Si](C)(C)C(C)(C)C)[C@@H]21. The smallest absolute Gasteiger partial charge is 0.317 e. The van der Waals surface area contributed by atoms with Gasteiger partial charge >= 0.3 is 5.97 Å². The number of hydrogen-bond donors (Lipinski definition) is 0. The molecule has 4 atom stereocenters. The molecule has 2 aliphatic rings. The van der Waals surface area contributed by atoms with Crippen LogP contribution in [0.15, 0.2) is 18.2 Å². The first-order chi connectivity index (χ1) is 17.0. The number of benzene rings is 1. The monoisotopic (exact) mass is 544 g/mol. The molecule has 0 N–H and O–H groups in total. The fourth-order valence-corrected chi connectivity index (χ4v) is 7.08. The van der Waals surface area contributed by atoms with Gasteiger partial charge in [-0.25, -0.2) is 0 Å². The number of esters is 1. The summed E-state index contributed by atoms with van der Waals surface area (Å²) < 4.78 is 25.5. The topological polar surface area (TPSA) is 54.0 Å². The number of fused-ring (bicyclic) bond motifs is 3. The van der Waals surface area contributed by atoms with E-state index in [1.165, 1.54) is 5.56 Å². The Hall–Kier alpha value is -1.60. The Kier molecular flexibility index (Phi) is 8.81. The number of ether oxygens (including phenoxy) is 2. The first kappa shape index (κ1) is 30.0. The van der Waals surface area contributed by atoms with Crippen LogP contribution in [-0.2, 0) is 18.4 Å². The van der Waals surface area contributed by atoms with Crippen LogP contribution in [0.3, 0.4) is 0 Å². The lowest BCUT2D eigenvalue weighted by Crippen LogP contribution is -2.47. The molecule has 1 aliphatic heterocycles. The lowest BCUT2D eigenvalue weighted by molar-refractivity contribution is -0.141. The first-order valence-corrected chi connectivity index (χ1v) is 19.6. The minimum Gasteiger partial charge on any atom is -0.488 e. The highest BCUT2D eigenvalue weighted by molar-refractivity contribution is 6.74. The molecule has 0 spiro atoms. The largest absolute Gasteiger partial charge is 0.488 e. The average Bonchev–Trinajstić information content (AvgIpc) is 3.26. The minimum atomic E-state index is -1.97. The highest BCUT2D eigenvalue weighted by Gasteiger charge is 2.54. The van der Waals surface area contributed by atoms with Crippen molar-refractivity contribution in [1.29, 1.82) is 0 Å². The quantitative estimate of drug-likeness (QED) is 0.205. The van der Waals surface area contributed by atoms with E-state index < -0.39 is 16.6 Å². The molecule has 0 aromatic heterocycles. The van der Waals surface area contributed by atoms with Crippen molar-refractivity contribution in [3.8, 4) is 17.6 Å². The van der Waals surface area contributed by atoms with Crippen molar-refractivity contribution in [2.45, 2.75) is 116 Å². The summed E-state index contributed by atoms with van der Waals surface area (Å²) in [5.74, 6) is 7.12. The van der Waals surface area contributed by atoms with Gasteiger partial charge in [0.2, 0.25) is 0 Å². The molecule has 1 aliphatic carbocycles. The van der Waals surface area contributed by atoms with Crippen molar-refractivity contribution in [1.82, 2.24) is 0 Å². The Morgan fingerprint density at radius 1 is 1.05 bits per heavy atom. The summed E-state index contributed by atoms with van der Waals surface area (Å²) in [6, 6.07) is 6.19. The second-order valence-electron chi connectivity index (χ2n) is 13.6. The van der Waals surface area contributed by atoms with E-state index >= 15 is 0 Å². The van der Waals surface area contributed by atoms with E-state index in [-0.39, 0.29) is 46.5 Å². The Morgan fingerprint density at radius 3 is 2.30 bits per heavy atom. The number of hydrogen-bond acceptors (Lipinski definition) is 5. The van der Waals surface area contributed by atoms with Crippen LogP contribution in [0.4, 0.5) is 0 Å². The first-order valence-electron chi connectivity index (χ1n) is 13.7. The average molecular weight is 545 g/mol. The van der Waals surface area contributed by atoms with Gasteiger partial charge in [0.05, 0.1) is 18.3 Å². The van der Waals surface area contributed by atoms with Gasteiger partial charge in [0, 0.05) is 30.4 Å². The van der Waals surface area contributed by atoms with Crippen LogP contribution in [-0.4, -0.2) is 48.0 Å². The molecule has 1 aromatic rings. The summed E-state index contributed by atoms with van der Waals surface area (Å²) in [7, 11) is -3.91. The van der Waals surface area contributed by atoms with Gasteiger partial charge in [-0.3, -0.25) is 4.79 Å². The molecule has 1 aromatic carbocycles. The van der Waals surface area contributed by atoms with Gasteiger partial charge in [-0.2, -0.15) is 0 Å². The van der Waals surface area contributed by atoms with Crippen LogP contribution in [0.2, 0.25) is 36.3 Å². The van der Waals surface area contributed by atoms with Crippen molar-refractivity contribution < 1.29 is 23.1 Å².